The zero-order chi connectivity index (χ0) is 16.9. The van der Waals surface area contributed by atoms with Crippen LogP contribution < -0.4 is 5.32 Å². The van der Waals surface area contributed by atoms with Crippen molar-refractivity contribution in [2.24, 2.45) is 7.05 Å². The van der Waals surface area contributed by atoms with Gasteiger partial charge >= 0.3 is 0 Å². The number of thiophene rings is 1. The fourth-order valence-electron chi connectivity index (χ4n) is 3.36. The van der Waals surface area contributed by atoms with Crippen LogP contribution in [-0.2, 0) is 18.4 Å². The molecule has 0 bridgehead atoms. The van der Waals surface area contributed by atoms with Gasteiger partial charge in [-0.3, -0.25) is 14.4 Å². The van der Waals surface area contributed by atoms with Gasteiger partial charge in [0.1, 0.15) is 5.69 Å². The average Bonchev–Trinajstić information content (AvgIpc) is 3.17. The van der Waals surface area contributed by atoms with Crippen LogP contribution in [0, 0.1) is 0 Å². The minimum absolute atomic E-state index is 0.185. The first-order valence-electron chi connectivity index (χ1n) is 8.74. The molecule has 2 aromatic heterocycles. The molecule has 5 nitrogen and oxygen atoms in total. The smallest absolute Gasteiger partial charge is 0.220 e. The Hall–Kier alpha value is -1.66. The molecule has 3 heterocycles. The van der Waals surface area contributed by atoms with Crippen LogP contribution >= 0.6 is 11.3 Å². The minimum atomic E-state index is 0.185. The molecule has 0 saturated carbocycles. The zero-order valence-electron chi connectivity index (χ0n) is 14.5. The maximum Gasteiger partial charge on any atom is 0.220 e. The molecule has 130 valence electrons. The van der Waals surface area contributed by atoms with Gasteiger partial charge in [0.2, 0.25) is 5.91 Å². The lowest BCUT2D eigenvalue weighted by atomic mass is 10.0. The SMILES string of the molecule is CCCC(=O)NC1CCCN(Cc2cn(C)nc2-c2cccs2)C1. The standard InChI is InChI=1S/C18H26N4OS/c1-3-6-17(23)19-15-7-4-9-22(13-15)12-14-11-21(2)20-18(14)16-8-5-10-24-16/h5,8,10-11,15H,3-4,6-7,9,12-13H2,1-2H3,(H,19,23). The molecule has 6 heteroatoms. The highest BCUT2D eigenvalue weighted by atomic mass is 32.1. The Morgan fingerprint density at radius 1 is 1.50 bits per heavy atom. The second kappa shape index (κ2) is 7.94. The summed E-state index contributed by atoms with van der Waals surface area (Å²) in [6.45, 7) is 4.94. The number of aryl methyl sites for hydroxylation is 1. The third kappa shape index (κ3) is 4.24. The van der Waals surface area contributed by atoms with Crippen LogP contribution in [0.3, 0.4) is 0 Å². The summed E-state index contributed by atoms with van der Waals surface area (Å²) in [5.41, 5.74) is 2.35. The Morgan fingerprint density at radius 3 is 3.12 bits per heavy atom. The predicted molar refractivity (Wildman–Crippen MR) is 97.9 cm³/mol. The second-order valence-corrected chi connectivity index (χ2v) is 7.49. The molecule has 0 aromatic carbocycles. The highest BCUT2D eigenvalue weighted by molar-refractivity contribution is 7.13. The van der Waals surface area contributed by atoms with Crippen molar-refractivity contribution in [3.63, 3.8) is 0 Å². The summed E-state index contributed by atoms with van der Waals surface area (Å²) in [6, 6.07) is 4.47. The quantitative estimate of drug-likeness (QED) is 0.875. The van der Waals surface area contributed by atoms with Gasteiger partial charge in [0, 0.05) is 44.4 Å². The summed E-state index contributed by atoms with van der Waals surface area (Å²) in [6.07, 6.45) is 5.86. The third-order valence-corrected chi connectivity index (χ3v) is 5.28. The first-order valence-corrected chi connectivity index (χ1v) is 9.61. The largest absolute Gasteiger partial charge is 0.352 e. The van der Waals surface area contributed by atoms with E-state index >= 15 is 0 Å². The van der Waals surface area contributed by atoms with Crippen LogP contribution in [0.1, 0.15) is 38.2 Å². The molecule has 1 fully saturated rings. The van der Waals surface area contributed by atoms with Gasteiger partial charge in [-0.25, -0.2) is 0 Å². The number of rotatable bonds is 6. The predicted octanol–water partition coefficient (Wildman–Crippen LogP) is 3.03. The van der Waals surface area contributed by atoms with Crippen LogP contribution in [-0.4, -0.2) is 39.7 Å². The molecular formula is C18H26N4OS. The highest BCUT2D eigenvalue weighted by Gasteiger charge is 2.23. The van der Waals surface area contributed by atoms with E-state index in [0.717, 1.165) is 44.6 Å². The number of amides is 1. The van der Waals surface area contributed by atoms with E-state index < -0.39 is 0 Å². The molecule has 1 unspecified atom stereocenters. The summed E-state index contributed by atoms with van der Waals surface area (Å²) in [5.74, 6) is 0.185. The van der Waals surface area contributed by atoms with Crippen molar-refractivity contribution in [1.82, 2.24) is 20.0 Å². The molecule has 1 amide bonds. The summed E-state index contributed by atoms with van der Waals surface area (Å²) >= 11 is 1.73. The third-order valence-electron chi connectivity index (χ3n) is 4.40. The molecule has 24 heavy (non-hydrogen) atoms. The van der Waals surface area contributed by atoms with Gasteiger partial charge in [0.25, 0.3) is 0 Å². The van der Waals surface area contributed by atoms with Gasteiger partial charge in [-0.2, -0.15) is 5.10 Å². The van der Waals surface area contributed by atoms with Crippen LogP contribution in [0.25, 0.3) is 10.6 Å². The van der Waals surface area contributed by atoms with E-state index in [1.54, 1.807) is 11.3 Å². The number of nitrogens with one attached hydrogen (secondary N) is 1. The fraction of sp³-hybridized carbons (Fsp3) is 0.556. The van der Waals surface area contributed by atoms with Crippen molar-refractivity contribution in [2.45, 2.75) is 45.2 Å². The lowest BCUT2D eigenvalue weighted by Gasteiger charge is -2.33. The molecule has 0 radical (unpaired) electrons. The highest BCUT2D eigenvalue weighted by Crippen LogP contribution is 2.28. The molecule has 1 aliphatic rings. The molecule has 0 aliphatic carbocycles. The van der Waals surface area contributed by atoms with Gasteiger partial charge < -0.3 is 5.32 Å². The summed E-state index contributed by atoms with van der Waals surface area (Å²) < 4.78 is 1.90. The summed E-state index contributed by atoms with van der Waals surface area (Å²) in [5, 5.41) is 9.92. The lowest BCUT2D eigenvalue weighted by molar-refractivity contribution is -0.122. The zero-order valence-corrected chi connectivity index (χ0v) is 15.3. The van der Waals surface area contributed by atoms with E-state index in [1.807, 2.05) is 18.7 Å². The Balaban J connectivity index is 1.65. The van der Waals surface area contributed by atoms with Gasteiger partial charge in [-0.05, 0) is 37.3 Å². The second-order valence-electron chi connectivity index (χ2n) is 6.55. The van der Waals surface area contributed by atoms with Crippen LogP contribution in [0.5, 0.6) is 0 Å². The Labute approximate surface area is 147 Å². The first-order chi connectivity index (χ1) is 11.7. The summed E-state index contributed by atoms with van der Waals surface area (Å²) in [4.78, 5) is 15.5. The molecule has 0 spiro atoms. The van der Waals surface area contributed by atoms with Gasteiger partial charge in [0.15, 0.2) is 0 Å². The Bertz CT molecular complexity index is 665. The number of carbonyl (C=O) groups is 1. The average molecular weight is 347 g/mol. The Morgan fingerprint density at radius 2 is 2.38 bits per heavy atom. The van der Waals surface area contributed by atoms with E-state index in [-0.39, 0.29) is 11.9 Å². The number of piperidine rings is 1. The minimum Gasteiger partial charge on any atom is -0.352 e. The summed E-state index contributed by atoms with van der Waals surface area (Å²) in [7, 11) is 1.98. The van der Waals surface area contributed by atoms with Gasteiger partial charge in [0.05, 0.1) is 4.88 Å². The number of likely N-dealkylation sites (tertiary alicyclic amines) is 1. The van der Waals surface area contributed by atoms with Gasteiger partial charge in [-0.1, -0.05) is 13.0 Å². The molecule has 1 atom stereocenters. The maximum absolute atomic E-state index is 11.8. The molecular weight excluding hydrogens is 320 g/mol. The van der Waals surface area contributed by atoms with Crippen molar-refractivity contribution in [3.8, 4) is 10.6 Å². The molecule has 3 rings (SSSR count). The number of hydrogen-bond acceptors (Lipinski definition) is 4. The van der Waals surface area contributed by atoms with E-state index in [0.29, 0.717) is 6.42 Å². The lowest BCUT2D eigenvalue weighted by Crippen LogP contribution is -2.47. The molecule has 1 aliphatic heterocycles. The van der Waals surface area contributed by atoms with Crippen LogP contribution in [0.4, 0.5) is 0 Å². The van der Waals surface area contributed by atoms with Crippen molar-refractivity contribution in [2.75, 3.05) is 13.1 Å². The number of aromatic nitrogens is 2. The monoisotopic (exact) mass is 346 g/mol. The maximum atomic E-state index is 11.8. The molecule has 1 N–H and O–H groups in total. The molecule has 1 saturated heterocycles. The fourth-order valence-corrected chi connectivity index (χ4v) is 4.10. The number of carbonyl (C=O) groups excluding carboxylic acids is 1. The van der Waals surface area contributed by atoms with Crippen molar-refractivity contribution in [3.05, 3.63) is 29.3 Å². The van der Waals surface area contributed by atoms with E-state index in [1.165, 1.54) is 10.4 Å². The number of hydrogen-bond donors (Lipinski definition) is 1. The molecule has 2 aromatic rings. The topological polar surface area (TPSA) is 50.2 Å². The van der Waals surface area contributed by atoms with Crippen LogP contribution in [0.2, 0.25) is 0 Å². The number of nitrogens with zero attached hydrogens (tertiary/aromatic N) is 3. The van der Waals surface area contributed by atoms with E-state index in [2.05, 4.69) is 39.0 Å². The van der Waals surface area contributed by atoms with Crippen LogP contribution in [0.15, 0.2) is 23.7 Å². The van der Waals surface area contributed by atoms with E-state index in [4.69, 9.17) is 0 Å². The normalized spacial score (nSPS) is 18.7. The Kier molecular flexibility index (Phi) is 5.68. The van der Waals surface area contributed by atoms with E-state index in [9.17, 15) is 4.79 Å². The van der Waals surface area contributed by atoms with Gasteiger partial charge in [-0.15, -0.1) is 11.3 Å². The first kappa shape index (κ1) is 17.2. The van der Waals surface area contributed by atoms with Crippen molar-refractivity contribution >= 4 is 17.2 Å². The van der Waals surface area contributed by atoms with Crippen molar-refractivity contribution < 1.29 is 4.79 Å². The van der Waals surface area contributed by atoms with Crippen molar-refractivity contribution in [1.29, 1.82) is 0 Å².